The van der Waals surface area contributed by atoms with Crippen LogP contribution in [0.3, 0.4) is 0 Å². The lowest BCUT2D eigenvalue weighted by molar-refractivity contribution is 0.590. The van der Waals surface area contributed by atoms with Crippen molar-refractivity contribution in [3.8, 4) is 0 Å². The van der Waals surface area contributed by atoms with E-state index in [0.29, 0.717) is 10.6 Å². The van der Waals surface area contributed by atoms with E-state index in [9.17, 15) is 8.42 Å². The molecule has 0 bridgehead atoms. The van der Waals surface area contributed by atoms with Crippen molar-refractivity contribution in [2.24, 2.45) is 0 Å². The fourth-order valence-corrected chi connectivity index (χ4v) is 3.41. The van der Waals surface area contributed by atoms with Crippen LogP contribution in [0.1, 0.15) is 31.9 Å². The number of anilines is 1. The molecule has 21 heavy (non-hydrogen) atoms. The first-order chi connectivity index (χ1) is 9.70. The zero-order valence-electron chi connectivity index (χ0n) is 12.8. The second-order valence-electron chi connectivity index (χ2n) is 6.20. The molecule has 1 N–H and O–H groups in total. The Morgan fingerprint density at radius 3 is 2.00 bits per heavy atom. The number of benzene rings is 2. The maximum atomic E-state index is 12.4. The van der Waals surface area contributed by atoms with Crippen LogP contribution in [0, 0.1) is 6.92 Å². The third-order valence-electron chi connectivity index (χ3n) is 3.39. The van der Waals surface area contributed by atoms with Crippen molar-refractivity contribution in [1.29, 1.82) is 0 Å². The molecule has 0 spiro atoms. The van der Waals surface area contributed by atoms with E-state index in [1.54, 1.807) is 37.3 Å². The molecule has 0 saturated carbocycles. The summed E-state index contributed by atoms with van der Waals surface area (Å²) < 4.78 is 27.4. The van der Waals surface area contributed by atoms with Crippen LogP contribution in [-0.4, -0.2) is 8.42 Å². The zero-order chi connectivity index (χ0) is 15.7. The molecule has 0 radical (unpaired) electrons. The first-order valence-electron chi connectivity index (χ1n) is 6.89. The summed E-state index contributed by atoms with van der Waals surface area (Å²) >= 11 is 0. The Kier molecular flexibility index (Phi) is 4.10. The first kappa shape index (κ1) is 15.6. The fourth-order valence-electron chi connectivity index (χ4n) is 2.11. The van der Waals surface area contributed by atoms with Crippen molar-refractivity contribution in [3.05, 3.63) is 59.7 Å². The van der Waals surface area contributed by atoms with Gasteiger partial charge in [0.1, 0.15) is 0 Å². The summed E-state index contributed by atoms with van der Waals surface area (Å²) in [5.41, 5.74) is 2.52. The highest BCUT2D eigenvalue weighted by Gasteiger charge is 2.17. The molecule has 112 valence electrons. The van der Waals surface area contributed by atoms with Crippen molar-refractivity contribution in [2.75, 3.05) is 4.72 Å². The minimum Gasteiger partial charge on any atom is -0.280 e. The number of hydrogen-bond acceptors (Lipinski definition) is 2. The molecule has 0 amide bonds. The second kappa shape index (κ2) is 5.53. The Morgan fingerprint density at radius 2 is 1.48 bits per heavy atom. The van der Waals surface area contributed by atoms with Gasteiger partial charge in [-0.3, -0.25) is 4.72 Å². The van der Waals surface area contributed by atoms with E-state index < -0.39 is 10.0 Å². The van der Waals surface area contributed by atoms with Gasteiger partial charge < -0.3 is 0 Å². The molecule has 2 aromatic rings. The highest BCUT2D eigenvalue weighted by molar-refractivity contribution is 7.92. The van der Waals surface area contributed by atoms with E-state index in [4.69, 9.17) is 0 Å². The SMILES string of the molecule is Cc1ccccc1S(=O)(=O)Nc1ccc(C(C)(C)C)cc1. The third-order valence-corrected chi connectivity index (χ3v) is 4.93. The van der Waals surface area contributed by atoms with Crippen molar-refractivity contribution in [1.82, 2.24) is 0 Å². The first-order valence-corrected chi connectivity index (χ1v) is 8.37. The molecule has 0 atom stereocenters. The lowest BCUT2D eigenvalue weighted by atomic mass is 9.87. The molecule has 4 heteroatoms. The van der Waals surface area contributed by atoms with E-state index in [-0.39, 0.29) is 5.41 Å². The molecule has 2 aromatic carbocycles. The van der Waals surface area contributed by atoms with Gasteiger partial charge in [0.2, 0.25) is 0 Å². The van der Waals surface area contributed by atoms with Gasteiger partial charge in [-0.05, 0) is 41.7 Å². The summed E-state index contributed by atoms with van der Waals surface area (Å²) in [6, 6.07) is 14.5. The molecule has 0 fully saturated rings. The largest absolute Gasteiger partial charge is 0.280 e. The molecular weight excluding hydrogens is 282 g/mol. The van der Waals surface area contributed by atoms with Gasteiger partial charge in [-0.25, -0.2) is 8.42 Å². The van der Waals surface area contributed by atoms with Crippen LogP contribution >= 0.6 is 0 Å². The van der Waals surface area contributed by atoms with Crippen LogP contribution in [0.2, 0.25) is 0 Å². The van der Waals surface area contributed by atoms with Gasteiger partial charge in [0.25, 0.3) is 10.0 Å². The van der Waals surface area contributed by atoms with E-state index >= 15 is 0 Å². The summed E-state index contributed by atoms with van der Waals surface area (Å²) in [7, 11) is -3.54. The Morgan fingerprint density at radius 1 is 0.905 bits per heavy atom. The zero-order valence-corrected chi connectivity index (χ0v) is 13.7. The van der Waals surface area contributed by atoms with Gasteiger partial charge in [0, 0.05) is 5.69 Å². The highest BCUT2D eigenvalue weighted by Crippen LogP contribution is 2.25. The Hall–Kier alpha value is -1.81. The predicted octanol–water partition coefficient (Wildman–Crippen LogP) is 4.09. The fraction of sp³-hybridized carbons (Fsp3) is 0.294. The van der Waals surface area contributed by atoms with Gasteiger partial charge in [0.15, 0.2) is 0 Å². The summed E-state index contributed by atoms with van der Waals surface area (Å²) in [6.45, 7) is 8.16. The molecule has 3 nitrogen and oxygen atoms in total. The summed E-state index contributed by atoms with van der Waals surface area (Å²) in [6.07, 6.45) is 0. The molecule has 0 unspecified atom stereocenters. The van der Waals surface area contributed by atoms with Crippen LogP contribution in [0.25, 0.3) is 0 Å². The average molecular weight is 303 g/mol. The minimum atomic E-state index is -3.54. The molecule has 0 heterocycles. The van der Waals surface area contributed by atoms with Gasteiger partial charge in [-0.2, -0.15) is 0 Å². The number of sulfonamides is 1. The molecule has 0 aromatic heterocycles. The average Bonchev–Trinajstić information content (AvgIpc) is 2.38. The maximum Gasteiger partial charge on any atom is 0.262 e. The predicted molar refractivity (Wildman–Crippen MR) is 87.1 cm³/mol. The smallest absolute Gasteiger partial charge is 0.262 e. The summed E-state index contributed by atoms with van der Waals surface area (Å²) in [5.74, 6) is 0. The van der Waals surface area contributed by atoms with Crippen LogP contribution < -0.4 is 4.72 Å². The van der Waals surface area contributed by atoms with E-state index in [1.807, 2.05) is 18.2 Å². The van der Waals surface area contributed by atoms with Gasteiger partial charge in [-0.15, -0.1) is 0 Å². The third kappa shape index (κ3) is 3.64. The number of rotatable bonds is 3. The Balaban J connectivity index is 2.28. The van der Waals surface area contributed by atoms with Crippen molar-refractivity contribution in [3.63, 3.8) is 0 Å². The number of hydrogen-bond donors (Lipinski definition) is 1. The quantitative estimate of drug-likeness (QED) is 0.928. The monoisotopic (exact) mass is 303 g/mol. The van der Waals surface area contributed by atoms with Crippen molar-refractivity contribution >= 4 is 15.7 Å². The Bertz CT molecular complexity index is 726. The summed E-state index contributed by atoms with van der Waals surface area (Å²) in [4.78, 5) is 0.310. The molecule has 0 aliphatic heterocycles. The maximum absolute atomic E-state index is 12.4. The van der Waals surface area contributed by atoms with Crippen LogP contribution in [0.5, 0.6) is 0 Å². The molecule has 2 rings (SSSR count). The second-order valence-corrected chi connectivity index (χ2v) is 7.85. The molecule has 0 saturated heterocycles. The van der Waals surface area contributed by atoms with Gasteiger partial charge >= 0.3 is 0 Å². The van der Waals surface area contributed by atoms with Crippen molar-refractivity contribution in [2.45, 2.75) is 38.0 Å². The molecule has 0 aliphatic rings. The normalized spacial score (nSPS) is 12.2. The highest BCUT2D eigenvalue weighted by atomic mass is 32.2. The topological polar surface area (TPSA) is 46.2 Å². The number of aryl methyl sites for hydroxylation is 1. The van der Waals surface area contributed by atoms with E-state index in [0.717, 1.165) is 5.56 Å². The van der Waals surface area contributed by atoms with E-state index in [1.165, 1.54) is 5.56 Å². The van der Waals surface area contributed by atoms with Crippen LogP contribution in [-0.2, 0) is 15.4 Å². The number of nitrogens with one attached hydrogen (secondary N) is 1. The van der Waals surface area contributed by atoms with Crippen LogP contribution in [0.15, 0.2) is 53.4 Å². The summed E-state index contributed by atoms with van der Waals surface area (Å²) in [5, 5.41) is 0. The minimum absolute atomic E-state index is 0.0490. The molecular formula is C17H21NO2S. The lowest BCUT2D eigenvalue weighted by Crippen LogP contribution is -2.15. The molecule has 0 aliphatic carbocycles. The van der Waals surface area contributed by atoms with Crippen LogP contribution in [0.4, 0.5) is 5.69 Å². The van der Waals surface area contributed by atoms with Crippen molar-refractivity contribution < 1.29 is 8.42 Å². The Labute approximate surface area is 127 Å². The van der Waals surface area contributed by atoms with E-state index in [2.05, 4.69) is 25.5 Å². The lowest BCUT2D eigenvalue weighted by Gasteiger charge is -2.19. The standard InChI is InChI=1S/C17H21NO2S/c1-13-7-5-6-8-16(13)21(19,20)18-15-11-9-14(10-12-15)17(2,3)4/h5-12,18H,1-4H3. The van der Waals surface area contributed by atoms with Gasteiger partial charge in [0.05, 0.1) is 4.90 Å². The van der Waals surface area contributed by atoms with Gasteiger partial charge in [-0.1, -0.05) is 51.1 Å².